The Morgan fingerprint density at radius 3 is 2.85 bits per heavy atom. The average Bonchev–Trinajstić information content (AvgIpc) is 2.51. The van der Waals surface area contributed by atoms with Crippen molar-refractivity contribution in [1.29, 1.82) is 0 Å². The Labute approximate surface area is 75.8 Å². The predicted octanol–water partition coefficient (Wildman–Crippen LogP) is 1.36. The van der Waals surface area contributed by atoms with Crippen LogP contribution in [0.25, 0.3) is 11.3 Å². The summed E-state index contributed by atoms with van der Waals surface area (Å²) in [5.41, 5.74) is 8.49. The lowest BCUT2D eigenvalue weighted by atomic mass is 10.2. The molecule has 0 aliphatic heterocycles. The molecule has 0 aliphatic rings. The molecule has 0 atom stereocenters. The van der Waals surface area contributed by atoms with Crippen molar-refractivity contribution in [3.8, 4) is 11.3 Å². The molecule has 0 unspecified atom stereocenters. The molecule has 0 fully saturated rings. The first-order chi connectivity index (χ1) is 6.27. The third-order valence-electron chi connectivity index (χ3n) is 1.85. The van der Waals surface area contributed by atoms with Crippen LogP contribution in [-0.2, 0) is 0 Å². The number of hydrogen-bond donors (Lipinski definition) is 2. The minimum Gasteiger partial charge on any atom is -0.382 e. The van der Waals surface area contributed by atoms with Crippen LogP contribution in [0.15, 0.2) is 24.7 Å². The number of imidazole rings is 1. The van der Waals surface area contributed by atoms with E-state index in [1.807, 2.05) is 19.1 Å². The van der Waals surface area contributed by atoms with Gasteiger partial charge in [-0.05, 0) is 19.1 Å². The molecule has 2 aromatic rings. The standard InChI is InChI=1S/C9H10N4/c1-6-4-7(2-3-11-6)8-9(10)13-5-12-8/h2-5H,10H2,1H3,(H,12,13). The molecule has 3 N–H and O–H groups in total. The second kappa shape index (κ2) is 2.90. The third kappa shape index (κ3) is 1.38. The van der Waals surface area contributed by atoms with Crippen molar-refractivity contribution >= 4 is 5.82 Å². The largest absolute Gasteiger partial charge is 0.382 e. The SMILES string of the molecule is Cc1cc(-c2[nH]cnc2N)ccn1. The third-order valence-corrected chi connectivity index (χ3v) is 1.85. The first-order valence-electron chi connectivity index (χ1n) is 3.99. The van der Waals surface area contributed by atoms with Crippen molar-refractivity contribution in [3.63, 3.8) is 0 Å². The van der Waals surface area contributed by atoms with Crippen molar-refractivity contribution in [2.45, 2.75) is 6.92 Å². The fourth-order valence-corrected chi connectivity index (χ4v) is 1.24. The van der Waals surface area contributed by atoms with E-state index in [9.17, 15) is 0 Å². The van der Waals surface area contributed by atoms with Gasteiger partial charge in [0, 0.05) is 17.5 Å². The lowest BCUT2D eigenvalue weighted by molar-refractivity contribution is 1.20. The number of aromatic amines is 1. The van der Waals surface area contributed by atoms with Gasteiger partial charge in [0.15, 0.2) is 0 Å². The average molecular weight is 174 g/mol. The van der Waals surface area contributed by atoms with Gasteiger partial charge in [-0.15, -0.1) is 0 Å². The molecule has 13 heavy (non-hydrogen) atoms. The topological polar surface area (TPSA) is 67.6 Å². The number of nitrogens with zero attached hydrogens (tertiary/aromatic N) is 2. The summed E-state index contributed by atoms with van der Waals surface area (Å²) in [7, 11) is 0. The van der Waals surface area contributed by atoms with Gasteiger partial charge in [0.2, 0.25) is 0 Å². The van der Waals surface area contributed by atoms with Crippen LogP contribution in [0.1, 0.15) is 5.69 Å². The van der Waals surface area contributed by atoms with E-state index in [1.165, 1.54) is 0 Å². The lowest BCUT2D eigenvalue weighted by Gasteiger charge is -1.99. The zero-order valence-corrected chi connectivity index (χ0v) is 7.28. The maximum atomic E-state index is 5.66. The summed E-state index contributed by atoms with van der Waals surface area (Å²) in [4.78, 5) is 11.0. The number of nitrogens with one attached hydrogen (secondary N) is 1. The minimum atomic E-state index is 0.519. The normalized spacial score (nSPS) is 10.2. The van der Waals surface area contributed by atoms with Gasteiger partial charge in [-0.1, -0.05) is 0 Å². The van der Waals surface area contributed by atoms with E-state index in [-0.39, 0.29) is 0 Å². The molecule has 0 amide bonds. The van der Waals surface area contributed by atoms with Crippen LogP contribution < -0.4 is 5.73 Å². The van der Waals surface area contributed by atoms with Crippen LogP contribution >= 0.6 is 0 Å². The van der Waals surface area contributed by atoms with E-state index in [0.29, 0.717) is 5.82 Å². The number of nitrogen functional groups attached to an aromatic ring is 1. The maximum absolute atomic E-state index is 5.66. The van der Waals surface area contributed by atoms with Gasteiger partial charge in [0.05, 0.1) is 12.0 Å². The Bertz CT molecular complexity index is 419. The molecule has 0 aliphatic carbocycles. The number of hydrogen-bond acceptors (Lipinski definition) is 3. The Balaban J connectivity index is 2.53. The van der Waals surface area contributed by atoms with E-state index in [0.717, 1.165) is 17.0 Å². The number of pyridine rings is 1. The molecule has 66 valence electrons. The van der Waals surface area contributed by atoms with Gasteiger partial charge in [0.25, 0.3) is 0 Å². The molecule has 2 aromatic heterocycles. The monoisotopic (exact) mass is 174 g/mol. The van der Waals surface area contributed by atoms with Crippen molar-refractivity contribution in [2.75, 3.05) is 5.73 Å². The van der Waals surface area contributed by atoms with Gasteiger partial charge >= 0.3 is 0 Å². The lowest BCUT2D eigenvalue weighted by Crippen LogP contribution is -1.89. The molecule has 2 rings (SSSR count). The van der Waals surface area contributed by atoms with Gasteiger partial charge in [0.1, 0.15) is 5.82 Å². The fraction of sp³-hybridized carbons (Fsp3) is 0.111. The van der Waals surface area contributed by atoms with Crippen LogP contribution in [0.3, 0.4) is 0 Å². The number of nitrogens with two attached hydrogens (primary N) is 1. The number of aryl methyl sites for hydroxylation is 1. The fourth-order valence-electron chi connectivity index (χ4n) is 1.24. The van der Waals surface area contributed by atoms with Crippen LogP contribution in [0.4, 0.5) is 5.82 Å². The predicted molar refractivity (Wildman–Crippen MR) is 51.0 cm³/mol. The highest BCUT2D eigenvalue weighted by atomic mass is 15.0. The Kier molecular flexibility index (Phi) is 1.73. The highest BCUT2D eigenvalue weighted by Gasteiger charge is 2.03. The van der Waals surface area contributed by atoms with Crippen molar-refractivity contribution in [1.82, 2.24) is 15.0 Å². The Morgan fingerprint density at radius 2 is 2.23 bits per heavy atom. The summed E-state index contributed by atoms with van der Waals surface area (Å²) in [5, 5.41) is 0. The zero-order chi connectivity index (χ0) is 9.26. The highest BCUT2D eigenvalue weighted by Crippen LogP contribution is 2.21. The van der Waals surface area contributed by atoms with Gasteiger partial charge < -0.3 is 10.7 Å². The first kappa shape index (κ1) is 7.79. The summed E-state index contributed by atoms with van der Waals surface area (Å²) in [5.74, 6) is 0.519. The van der Waals surface area contributed by atoms with E-state index in [4.69, 9.17) is 5.73 Å². The van der Waals surface area contributed by atoms with Gasteiger partial charge in [-0.25, -0.2) is 4.98 Å². The summed E-state index contributed by atoms with van der Waals surface area (Å²) >= 11 is 0. The Morgan fingerprint density at radius 1 is 1.38 bits per heavy atom. The second-order valence-electron chi connectivity index (χ2n) is 2.85. The Hall–Kier alpha value is -1.84. The number of H-pyrrole nitrogens is 1. The molecule has 0 saturated carbocycles. The minimum absolute atomic E-state index is 0.519. The zero-order valence-electron chi connectivity index (χ0n) is 7.28. The number of rotatable bonds is 1. The summed E-state index contributed by atoms with van der Waals surface area (Å²) in [6, 6.07) is 3.86. The van der Waals surface area contributed by atoms with Crippen molar-refractivity contribution < 1.29 is 0 Å². The van der Waals surface area contributed by atoms with E-state index < -0.39 is 0 Å². The van der Waals surface area contributed by atoms with Crippen molar-refractivity contribution in [2.24, 2.45) is 0 Å². The molecule has 0 radical (unpaired) electrons. The smallest absolute Gasteiger partial charge is 0.149 e. The first-order valence-corrected chi connectivity index (χ1v) is 3.99. The molecule has 2 heterocycles. The quantitative estimate of drug-likeness (QED) is 0.686. The molecular formula is C9H10N4. The van der Waals surface area contributed by atoms with E-state index in [1.54, 1.807) is 12.5 Å². The summed E-state index contributed by atoms with van der Waals surface area (Å²) in [6.45, 7) is 1.94. The van der Waals surface area contributed by atoms with Crippen LogP contribution in [-0.4, -0.2) is 15.0 Å². The van der Waals surface area contributed by atoms with E-state index >= 15 is 0 Å². The molecule has 0 saturated heterocycles. The molecular weight excluding hydrogens is 164 g/mol. The van der Waals surface area contributed by atoms with Gasteiger partial charge in [-0.2, -0.15) is 0 Å². The van der Waals surface area contributed by atoms with Crippen molar-refractivity contribution in [3.05, 3.63) is 30.4 Å². The van der Waals surface area contributed by atoms with Gasteiger partial charge in [-0.3, -0.25) is 4.98 Å². The maximum Gasteiger partial charge on any atom is 0.149 e. The van der Waals surface area contributed by atoms with Crippen LogP contribution in [0.2, 0.25) is 0 Å². The molecule has 0 aromatic carbocycles. The molecule has 0 bridgehead atoms. The molecule has 4 heteroatoms. The molecule has 0 spiro atoms. The van der Waals surface area contributed by atoms with Crippen LogP contribution in [0.5, 0.6) is 0 Å². The number of aromatic nitrogens is 3. The molecule has 4 nitrogen and oxygen atoms in total. The summed E-state index contributed by atoms with van der Waals surface area (Å²) in [6.07, 6.45) is 3.34. The highest BCUT2D eigenvalue weighted by molar-refractivity contribution is 5.69. The number of anilines is 1. The summed E-state index contributed by atoms with van der Waals surface area (Å²) < 4.78 is 0. The second-order valence-corrected chi connectivity index (χ2v) is 2.85. The van der Waals surface area contributed by atoms with E-state index in [2.05, 4.69) is 15.0 Å². The van der Waals surface area contributed by atoms with Crippen LogP contribution in [0, 0.1) is 6.92 Å².